The molecule has 0 radical (unpaired) electrons. The van der Waals surface area contributed by atoms with Gasteiger partial charge in [0.2, 0.25) is 0 Å². The fraction of sp³-hybridized carbons (Fsp3) is 0.632. The molecular weight excluding hydrogens is 379 g/mol. The summed E-state index contributed by atoms with van der Waals surface area (Å²) in [6.07, 6.45) is 3.62. The topological polar surface area (TPSA) is 23.6 Å². The molecule has 0 bridgehead atoms. The van der Waals surface area contributed by atoms with Crippen molar-refractivity contribution in [1.29, 1.82) is 0 Å². The van der Waals surface area contributed by atoms with E-state index < -0.39 is 0 Å². The number of benzene rings is 1. The number of Topliss-reactive ketones (excluding diaryl/α,β-unsaturated/α-hetero) is 1. The van der Waals surface area contributed by atoms with Crippen LogP contribution in [0.1, 0.15) is 38.2 Å². The van der Waals surface area contributed by atoms with Gasteiger partial charge in [0.05, 0.1) is 5.41 Å². The average Bonchev–Trinajstić information content (AvgIpc) is 2.55. The minimum atomic E-state index is -0.308. The van der Waals surface area contributed by atoms with Crippen LogP contribution >= 0.6 is 36.4 Å². The summed E-state index contributed by atoms with van der Waals surface area (Å²) >= 11 is 6.02. The number of piperidine rings is 1. The first-order valence-electron chi connectivity index (χ1n) is 8.64. The Morgan fingerprint density at radius 2 is 1.72 bits per heavy atom. The molecule has 0 saturated carbocycles. The van der Waals surface area contributed by atoms with E-state index >= 15 is 0 Å². The van der Waals surface area contributed by atoms with Crippen LogP contribution in [0.15, 0.2) is 24.3 Å². The fourth-order valence-electron chi connectivity index (χ4n) is 3.60. The first kappa shape index (κ1) is 24.7. The minimum absolute atomic E-state index is 0. The summed E-state index contributed by atoms with van der Waals surface area (Å²) in [5.41, 5.74) is 0.832. The summed E-state index contributed by atoms with van der Waals surface area (Å²) in [4.78, 5) is 17.5. The van der Waals surface area contributed by atoms with Crippen LogP contribution in [-0.4, -0.2) is 55.9 Å². The van der Waals surface area contributed by atoms with Crippen molar-refractivity contribution in [2.75, 3.05) is 40.3 Å². The van der Waals surface area contributed by atoms with E-state index in [9.17, 15) is 4.79 Å². The third-order valence-electron chi connectivity index (χ3n) is 5.04. The van der Waals surface area contributed by atoms with Crippen molar-refractivity contribution < 1.29 is 4.79 Å². The lowest BCUT2D eigenvalue weighted by Gasteiger charge is -2.41. The van der Waals surface area contributed by atoms with Gasteiger partial charge in [-0.2, -0.15) is 0 Å². The Hall–Kier alpha value is -0.320. The van der Waals surface area contributed by atoms with Gasteiger partial charge < -0.3 is 9.80 Å². The summed E-state index contributed by atoms with van der Waals surface area (Å²) in [5.74, 6) is 0.368. The molecule has 1 aliphatic heterocycles. The Balaban J connectivity index is 0.00000288. The van der Waals surface area contributed by atoms with E-state index in [-0.39, 0.29) is 30.2 Å². The number of nitrogens with zero attached hydrogens (tertiary/aromatic N) is 2. The number of hydrogen-bond donors (Lipinski definition) is 0. The molecule has 0 aliphatic carbocycles. The van der Waals surface area contributed by atoms with Crippen molar-refractivity contribution in [3.63, 3.8) is 0 Å². The third kappa shape index (κ3) is 6.41. The van der Waals surface area contributed by atoms with Gasteiger partial charge in [0.15, 0.2) is 0 Å². The van der Waals surface area contributed by atoms with Crippen molar-refractivity contribution >= 4 is 42.2 Å². The summed E-state index contributed by atoms with van der Waals surface area (Å²) < 4.78 is 0. The second-order valence-electron chi connectivity index (χ2n) is 6.86. The molecule has 0 unspecified atom stereocenters. The Kier molecular flexibility index (Phi) is 11.3. The number of carbonyl (C=O) groups excluding carboxylic acids is 1. The van der Waals surface area contributed by atoms with Crippen LogP contribution in [0.4, 0.5) is 0 Å². The molecule has 0 N–H and O–H groups in total. The maximum absolute atomic E-state index is 12.7. The molecular formula is C19H31Cl3N2O. The van der Waals surface area contributed by atoms with Crippen LogP contribution in [0.25, 0.3) is 0 Å². The average molecular weight is 410 g/mol. The highest BCUT2D eigenvalue weighted by Crippen LogP contribution is 2.38. The van der Waals surface area contributed by atoms with E-state index in [0.717, 1.165) is 49.6 Å². The molecule has 25 heavy (non-hydrogen) atoms. The highest BCUT2D eigenvalue weighted by Gasteiger charge is 2.41. The van der Waals surface area contributed by atoms with E-state index in [1.807, 2.05) is 31.2 Å². The van der Waals surface area contributed by atoms with Crippen LogP contribution in [0.5, 0.6) is 0 Å². The lowest BCUT2D eigenvalue weighted by atomic mass is 9.69. The highest BCUT2D eigenvalue weighted by atomic mass is 35.5. The van der Waals surface area contributed by atoms with Crippen LogP contribution in [0.2, 0.25) is 5.02 Å². The number of hydrogen-bond acceptors (Lipinski definition) is 3. The molecule has 6 heteroatoms. The number of carbonyl (C=O) groups is 1. The number of rotatable bonds is 7. The fourth-order valence-corrected chi connectivity index (χ4v) is 3.73. The monoisotopic (exact) mass is 408 g/mol. The zero-order valence-corrected chi connectivity index (χ0v) is 17.9. The third-order valence-corrected chi connectivity index (χ3v) is 5.29. The first-order chi connectivity index (χ1) is 11.0. The molecule has 1 aromatic rings. The quantitative estimate of drug-likeness (QED) is 0.665. The van der Waals surface area contributed by atoms with Crippen LogP contribution < -0.4 is 0 Å². The molecule has 0 aromatic heterocycles. The minimum Gasteiger partial charge on any atom is -0.309 e. The summed E-state index contributed by atoms with van der Waals surface area (Å²) in [6, 6.07) is 7.89. The van der Waals surface area contributed by atoms with Crippen LogP contribution in [0.3, 0.4) is 0 Å². The lowest BCUT2D eigenvalue weighted by Crippen LogP contribution is -2.47. The normalized spacial score (nSPS) is 16.8. The van der Waals surface area contributed by atoms with Gasteiger partial charge in [-0.05, 0) is 77.2 Å². The molecule has 1 heterocycles. The van der Waals surface area contributed by atoms with Crippen molar-refractivity contribution in [3.8, 4) is 0 Å². The van der Waals surface area contributed by atoms with E-state index in [2.05, 4.69) is 23.9 Å². The Morgan fingerprint density at radius 3 is 2.20 bits per heavy atom. The predicted octanol–water partition coefficient (Wildman–Crippen LogP) is 4.45. The van der Waals surface area contributed by atoms with Crippen molar-refractivity contribution in [2.45, 2.75) is 38.0 Å². The smallest absolute Gasteiger partial charge is 0.143 e. The maximum Gasteiger partial charge on any atom is 0.143 e. The van der Waals surface area contributed by atoms with Gasteiger partial charge in [-0.25, -0.2) is 0 Å². The van der Waals surface area contributed by atoms with Gasteiger partial charge >= 0.3 is 0 Å². The van der Waals surface area contributed by atoms with E-state index in [4.69, 9.17) is 11.6 Å². The molecule has 0 amide bonds. The Morgan fingerprint density at radius 1 is 1.16 bits per heavy atom. The molecule has 1 fully saturated rings. The van der Waals surface area contributed by atoms with Crippen LogP contribution in [-0.2, 0) is 10.2 Å². The Bertz CT molecular complexity index is 512. The van der Waals surface area contributed by atoms with E-state index in [1.165, 1.54) is 6.42 Å². The second kappa shape index (κ2) is 11.4. The molecule has 3 nitrogen and oxygen atoms in total. The standard InChI is InChI=1S/C19H29ClN2O.2ClH/c1-4-18(23)19(16-6-8-17(20)9-7-16)10-14-22(15-11-19)13-5-12-21(2)3;;/h6-9H,4-5,10-15H2,1-3H3;2*1H. The number of likely N-dealkylation sites (tertiary alicyclic amines) is 1. The van der Waals surface area contributed by atoms with Gasteiger partial charge in [0.1, 0.15) is 5.78 Å². The van der Waals surface area contributed by atoms with Crippen LogP contribution in [0, 0.1) is 0 Å². The zero-order chi connectivity index (χ0) is 16.9. The van der Waals surface area contributed by atoms with Gasteiger partial charge in [-0.3, -0.25) is 4.79 Å². The van der Waals surface area contributed by atoms with Crippen molar-refractivity contribution in [2.24, 2.45) is 0 Å². The molecule has 0 spiro atoms. The summed E-state index contributed by atoms with van der Waals surface area (Å²) in [7, 11) is 4.23. The van der Waals surface area contributed by atoms with Gasteiger partial charge in [-0.1, -0.05) is 30.7 Å². The largest absolute Gasteiger partial charge is 0.309 e. The zero-order valence-electron chi connectivity index (χ0n) is 15.5. The summed E-state index contributed by atoms with van der Waals surface area (Å²) in [5, 5.41) is 0.731. The highest BCUT2D eigenvalue weighted by molar-refractivity contribution is 6.30. The molecule has 1 aromatic carbocycles. The summed E-state index contributed by atoms with van der Waals surface area (Å²) in [6.45, 7) is 6.22. The Labute approximate surface area is 169 Å². The van der Waals surface area contributed by atoms with E-state index in [1.54, 1.807) is 0 Å². The maximum atomic E-state index is 12.7. The second-order valence-corrected chi connectivity index (χ2v) is 7.30. The van der Waals surface area contributed by atoms with Crippen molar-refractivity contribution in [3.05, 3.63) is 34.9 Å². The van der Waals surface area contributed by atoms with Crippen molar-refractivity contribution in [1.82, 2.24) is 9.80 Å². The SMILES string of the molecule is CCC(=O)C1(c2ccc(Cl)cc2)CCN(CCCN(C)C)CC1.Cl.Cl. The first-order valence-corrected chi connectivity index (χ1v) is 9.02. The van der Waals surface area contributed by atoms with Gasteiger partial charge in [0, 0.05) is 11.4 Å². The number of halogens is 3. The van der Waals surface area contributed by atoms with E-state index in [0.29, 0.717) is 12.2 Å². The molecule has 1 saturated heterocycles. The predicted molar refractivity (Wildman–Crippen MR) is 112 cm³/mol. The molecule has 2 rings (SSSR count). The number of ketones is 1. The van der Waals surface area contributed by atoms with Gasteiger partial charge in [-0.15, -0.1) is 24.8 Å². The molecule has 1 aliphatic rings. The molecule has 144 valence electrons. The van der Waals surface area contributed by atoms with Gasteiger partial charge in [0.25, 0.3) is 0 Å². The molecule has 0 atom stereocenters. The lowest BCUT2D eigenvalue weighted by molar-refractivity contribution is -0.126.